The number of hydrogen-bond acceptors (Lipinski definition) is 3. The second-order valence-electron chi connectivity index (χ2n) is 6.80. The summed E-state index contributed by atoms with van der Waals surface area (Å²) < 4.78 is 18.9. The van der Waals surface area contributed by atoms with Crippen LogP contribution >= 0.6 is 0 Å². The zero-order valence-electron chi connectivity index (χ0n) is 12.6. The van der Waals surface area contributed by atoms with Gasteiger partial charge in [-0.1, -0.05) is 0 Å². The number of piperidine rings is 1. The van der Waals surface area contributed by atoms with E-state index in [2.05, 4.69) is 5.32 Å². The van der Waals surface area contributed by atoms with Gasteiger partial charge in [0, 0.05) is 30.7 Å². The van der Waals surface area contributed by atoms with E-state index in [0.717, 1.165) is 17.7 Å². The molecule has 0 aromatic heterocycles. The Labute approximate surface area is 124 Å². The Bertz CT molecular complexity index is 568. The molecule has 0 bridgehead atoms. The standard InChI is InChI=1S/C16H21FN2O2/c1-16(2,3)21-15(20)19-7-6-14-12(9-19)11-8-10(17)4-5-13(11)18-14/h4-5,8,12,14,18H,6-7,9H2,1-3H3/t12-,14-/m0/s1. The maximum atomic E-state index is 13.5. The summed E-state index contributed by atoms with van der Waals surface area (Å²) in [5, 5.41) is 3.43. The van der Waals surface area contributed by atoms with Crippen LogP contribution in [-0.4, -0.2) is 35.7 Å². The number of anilines is 1. The number of halogens is 1. The molecule has 0 radical (unpaired) electrons. The summed E-state index contributed by atoms with van der Waals surface area (Å²) in [7, 11) is 0. The number of nitrogens with one attached hydrogen (secondary N) is 1. The van der Waals surface area contributed by atoms with E-state index in [1.165, 1.54) is 6.07 Å². The lowest BCUT2D eigenvalue weighted by Gasteiger charge is -2.36. The van der Waals surface area contributed by atoms with Gasteiger partial charge < -0.3 is 15.0 Å². The average molecular weight is 292 g/mol. The minimum Gasteiger partial charge on any atom is -0.444 e. The molecule has 3 rings (SSSR count). The van der Waals surface area contributed by atoms with Crippen LogP contribution in [0.4, 0.5) is 14.9 Å². The third-order valence-electron chi connectivity index (χ3n) is 4.02. The fourth-order valence-corrected chi connectivity index (χ4v) is 3.10. The summed E-state index contributed by atoms with van der Waals surface area (Å²) in [5.74, 6) is -0.0949. The van der Waals surface area contributed by atoms with Gasteiger partial charge in [0.05, 0.1) is 0 Å². The average Bonchev–Trinajstić information content (AvgIpc) is 2.74. The van der Waals surface area contributed by atoms with E-state index in [0.29, 0.717) is 13.1 Å². The van der Waals surface area contributed by atoms with Gasteiger partial charge in [-0.05, 0) is 51.0 Å². The molecule has 5 heteroatoms. The number of carbonyl (C=O) groups is 1. The fourth-order valence-electron chi connectivity index (χ4n) is 3.10. The van der Waals surface area contributed by atoms with E-state index >= 15 is 0 Å². The van der Waals surface area contributed by atoms with Crippen molar-refractivity contribution in [3.63, 3.8) is 0 Å². The molecule has 0 aliphatic carbocycles. The molecule has 1 N–H and O–H groups in total. The molecule has 0 spiro atoms. The third-order valence-corrected chi connectivity index (χ3v) is 4.02. The Kier molecular flexibility index (Phi) is 3.30. The van der Waals surface area contributed by atoms with E-state index in [9.17, 15) is 9.18 Å². The summed E-state index contributed by atoms with van der Waals surface area (Å²) in [6.07, 6.45) is 0.561. The summed E-state index contributed by atoms with van der Waals surface area (Å²) in [4.78, 5) is 13.9. The largest absolute Gasteiger partial charge is 0.444 e. The second-order valence-corrected chi connectivity index (χ2v) is 6.80. The van der Waals surface area contributed by atoms with Gasteiger partial charge in [-0.3, -0.25) is 0 Å². The first-order chi connectivity index (χ1) is 9.83. The number of amides is 1. The SMILES string of the molecule is CC(C)(C)OC(=O)N1CC[C@@H]2Nc3ccc(F)cc3[C@@H]2C1. The molecule has 1 aromatic rings. The smallest absolute Gasteiger partial charge is 0.410 e. The van der Waals surface area contributed by atoms with Gasteiger partial charge in [-0.25, -0.2) is 9.18 Å². The Morgan fingerprint density at radius 3 is 2.90 bits per heavy atom. The minimum atomic E-state index is -0.494. The fraction of sp³-hybridized carbons (Fsp3) is 0.562. The van der Waals surface area contributed by atoms with Gasteiger partial charge in [0.2, 0.25) is 0 Å². The lowest BCUT2D eigenvalue weighted by atomic mass is 9.89. The Balaban J connectivity index is 1.76. The molecule has 2 aliphatic heterocycles. The molecule has 21 heavy (non-hydrogen) atoms. The first-order valence-electron chi connectivity index (χ1n) is 7.37. The molecule has 1 amide bonds. The number of rotatable bonds is 0. The lowest BCUT2D eigenvalue weighted by Crippen LogP contribution is -2.46. The van der Waals surface area contributed by atoms with Crippen LogP contribution in [0.3, 0.4) is 0 Å². The van der Waals surface area contributed by atoms with Crippen molar-refractivity contribution in [3.8, 4) is 0 Å². The van der Waals surface area contributed by atoms with Crippen LogP contribution in [0.15, 0.2) is 18.2 Å². The van der Waals surface area contributed by atoms with Crippen molar-refractivity contribution < 1.29 is 13.9 Å². The van der Waals surface area contributed by atoms with E-state index in [1.54, 1.807) is 17.0 Å². The molecule has 0 saturated carbocycles. The monoisotopic (exact) mass is 292 g/mol. The second kappa shape index (κ2) is 4.90. The van der Waals surface area contributed by atoms with Crippen LogP contribution in [0, 0.1) is 5.82 Å². The molecule has 2 aliphatic rings. The quantitative estimate of drug-likeness (QED) is 0.797. The van der Waals surface area contributed by atoms with Crippen molar-refractivity contribution in [2.75, 3.05) is 18.4 Å². The van der Waals surface area contributed by atoms with Crippen molar-refractivity contribution in [2.24, 2.45) is 0 Å². The van der Waals surface area contributed by atoms with Gasteiger partial charge in [0.15, 0.2) is 0 Å². The van der Waals surface area contributed by atoms with E-state index in [4.69, 9.17) is 4.74 Å². The van der Waals surface area contributed by atoms with Crippen LogP contribution in [0.2, 0.25) is 0 Å². The lowest BCUT2D eigenvalue weighted by molar-refractivity contribution is 0.0195. The predicted octanol–water partition coefficient (Wildman–Crippen LogP) is 3.34. The highest BCUT2D eigenvalue weighted by Gasteiger charge is 2.39. The summed E-state index contributed by atoms with van der Waals surface area (Å²) >= 11 is 0. The Morgan fingerprint density at radius 2 is 2.19 bits per heavy atom. The molecular weight excluding hydrogens is 271 g/mol. The molecule has 0 unspecified atom stereocenters. The molecule has 1 aromatic carbocycles. The van der Waals surface area contributed by atoms with Crippen molar-refractivity contribution in [2.45, 2.75) is 44.8 Å². The van der Waals surface area contributed by atoms with Crippen molar-refractivity contribution in [3.05, 3.63) is 29.6 Å². The highest BCUT2D eigenvalue weighted by Crippen LogP contribution is 2.40. The maximum Gasteiger partial charge on any atom is 0.410 e. The normalized spacial score (nSPS) is 24.1. The zero-order valence-corrected chi connectivity index (χ0v) is 12.6. The Morgan fingerprint density at radius 1 is 1.43 bits per heavy atom. The zero-order chi connectivity index (χ0) is 15.2. The minimum absolute atomic E-state index is 0.136. The number of ether oxygens (including phenoxy) is 1. The van der Waals surface area contributed by atoms with Crippen LogP contribution < -0.4 is 5.32 Å². The van der Waals surface area contributed by atoms with Crippen LogP contribution in [-0.2, 0) is 4.74 Å². The molecule has 1 saturated heterocycles. The number of benzene rings is 1. The van der Waals surface area contributed by atoms with Crippen molar-refractivity contribution in [1.82, 2.24) is 4.90 Å². The topological polar surface area (TPSA) is 41.6 Å². The van der Waals surface area contributed by atoms with Gasteiger partial charge >= 0.3 is 6.09 Å². The molecule has 1 fully saturated rings. The van der Waals surface area contributed by atoms with E-state index < -0.39 is 5.60 Å². The molecule has 114 valence electrons. The van der Waals surface area contributed by atoms with Crippen molar-refractivity contribution in [1.29, 1.82) is 0 Å². The highest BCUT2D eigenvalue weighted by molar-refractivity contribution is 5.69. The molecule has 2 heterocycles. The maximum absolute atomic E-state index is 13.5. The number of fused-ring (bicyclic) bond motifs is 3. The number of nitrogens with zero attached hydrogens (tertiary/aromatic N) is 1. The Hall–Kier alpha value is -1.78. The summed E-state index contributed by atoms with van der Waals surface area (Å²) in [5.41, 5.74) is 1.46. The number of likely N-dealkylation sites (tertiary alicyclic amines) is 1. The van der Waals surface area contributed by atoms with Gasteiger partial charge in [0.1, 0.15) is 11.4 Å². The van der Waals surface area contributed by atoms with Crippen LogP contribution in [0.25, 0.3) is 0 Å². The number of hydrogen-bond donors (Lipinski definition) is 1. The van der Waals surface area contributed by atoms with Gasteiger partial charge in [-0.2, -0.15) is 0 Å². The van der Waals surface area contributed by atoms with Crippen molar-refractivity contribution >= 4 is 11.8 Å². The van der Waals surface area contributed by atoms with Gasteiger partial charge in [0.25, 0.3) is 0 Å². The van der Waals surface area contributed by atoms with E-state index in [1.807, 2.05) is 20.8 Å². The molecule has 2 atom stereocenters. The molecule has 4 nitrogen and oxygen atoms in total. The summed E-state index contributed by atoms with van der Waals surface area (Å²) in [6, 6.07) is 5.10. The highest BCUT2D eigenvalue weighted by atomic mass is 19.1. The summed E-state index contributed by atoms with van der Waals surface area (Å²) in [6.45, 7) is 6.82. The molecular formula is C16H21FN2O2. The van der Waals surface area contributed by atoms with Crippen LogP contribution in [0.1, 0.15) is 38.7 Å². The first-order valence-corrected chi connectivity index (χ1v) is 7.37. The van der Waals surface area contributed by atoms with E-state index in [-0.39, 0.29) is 23.9 Å². The third kappa shape index (κ3) is 2.82. The number of carbonyl (C=O) groups excluding carboxylic acids is 1. The van der Waals surface area contributed by atoms with Crippen LogP contribution in [0.5, 0.6) is 0 Å². The van der Waals surface area contributed by atoms with Gasteiger partial charge in [-0.15, -0.1) is 0 Å². The predicted molar refractivity (Wildman–Crippen MR) is 79.0 cm³/mol. The first kappa shape index (κ1) is 14.2.